The molecule has 260 valence electrons. The van der Waals surface area contributed by atoms with Crippen LogP contribution in [0.5, 0.6) is 0 Å². The van der Waals surface area contributed by atoms with Gasteiger partial charge in [-0.25, -0.2) is 13.2 Å². The molecule has 0 spiro atoms. The van der Waals surface area contributed by atoms with Gasteiger partial charge in [-0.05, 0) is 129 Å². The number of halogens is 3. The van der Waals surface area contributed by atoms with E-state index in [4.69, 9.17) is 0 Å². The van der Waals surface area contributed by atoms with E-state index in [0.717, 1.165) is 66.5 Å². The number of allylic oxidation sites excluding steroid dienone is 2. The van der Waals surface area contributed by atoms with Gasteiger partial charge in [-0.3, -0.25) is 0 Å². The Morgan fingerprint density at radius 1 is 0.625 bits per heavy atom. The van der Waals surface area contributed by atoms with Gasteiger partial charge in [0.25, 0.3) is 0 Å². The zero-order chi connectivity index (χ0) is 33.7. The number of hydrogen-bond acceptors (Lipinski definition) is 0. The third-order valence-electron chi connectivity index (χ3n) is 11.7. The lowest BCUT2D eigenvalue weighted by Crippen LogP contribution is -2.25. The van der Waals surface area contributed by atoms with Crippen molar-refractivity contribution in [1.29, 1.82) is 0 Å². The molecule has 5 rings (SSSR count). The van der Waals surface area contributed by atoms with E-state index < -0.39 is 11.6 Å². The van der Waals surface area contributed by atoms with Gasteiger partial charge in [0, 0.05) is 5.56 Å². The minimum atomic E-state index is -0.780. The molecular weight excluding hydrogens is 597 g/mol. The third-order valence-corrected chi connectivity index (χ3v) is 11.7. The molecule has 0 unspecified atom stereocenters. The smallest absolute Gasteiger partial charge is 0.166 e. The van der Waals surface area contributed by atoms with Crippen molar-refractivity contribution in [2.24, 2.45) is 17.8 Å². The second kappa shape index (κ2) is 18.8. The maximum atomic E-state index is 15.5. The van der Waals surface area contributed by atoms with Crippen LogP contribution in [-0.2, 0) is 6.42 Å². The van der Waals surface area contributed by atoms with Crippen molar-refractivity contribution in [2.45, 2.75) is 142 Å². The van der Waals surface area contributed by atoms with Crippen molar-refractivity contribution < 1.29 is 13.2 Å². The molecule has 2 aliphatic rings. The topological polar surface area (TPSA) is 0 Å². The van der Waals surface area contributed by atoms with Crippen LogP contribution >= 0.6 is 0 Å². The summed E-state index contributed by atoms with van der Waals surface area (Å²) < 4.78 is 45.7. The first-order valence-corrected chi connectivity index (χ1v) is 19.5. The molecule has 0 N–H and O–H groups in total. The van der Waals surface area contributed by atoms with Crippen molar-refractivity contribution in [2.75, 3.05) is 0 Å². The Morgan fingerprint density at radius 3 is 1.88 bits per heavy atom. The zero-order valence-corrected chi connectivity index (χ0v) is 29.7. The Bertz CT molecular complexity index is 1420. The van der Waals surface area contributed by atoms with E-state index in [0.29, 0.717) is 23.5 Å². The molecule has 0 bridgehead atoms. The summed E-state index contributed by atoms with van der Waals surface area (Å²) in [6, 6.07) is 16.5. The standard InChI is InChI=1S/C45H59F3/c1-3-5-7-8-9-10-11-13-15-39-28-31-42(45(48)44(39)47)38-26-22-36(23-27-38)40-29-30-41(43(46)32-40)37-24-20-35(21-25-37)34-18-16-33(17-19-34)14-12-6-4-2/h4,6,22-23,26-35,37H,3,5,7-21,24-25H2,1-2H3. The fourth-order valence-corrected chi connectivity index (χ4v) is 8.68. The molecule has 48 heavy (non-hydrogen) atoms. The predicted octanol–water partition coefficient (Wildman–Crippen LogP) is 14.6. The van der Waals surface area contributed by atoms with Crippen molar-refractivity contribution in [3.05, 3.63) is 95.3 Å². The van der Waals surface area contributed by atoms with Crippen molar-refractivity contribution in [3.63, 3.8) is 0 Å². The highest BCUT2D eigenvalue weighted by atomic mass is 19.2. The second-order valence-electron chi connectivity index (χ2n) is 15.0. The number of unbranched alkanes of at least 4 members (excludes halogenated alkanes) is 7. The van der Waals surface area contributed by atoms with Gasteiger partial charge < -0.3 is 0 Å². The van der Waals surface area contributed by atoms with Crippen LogP contribution in [0, 0.1) is 35.2 Å². The summed E-state index contributed by atoms with van der Waals surface area (Å²) in [6.45, 7) is 4.33. The second-order valence-corrected chi connectivity index (χ2v) is 15.0. The summed E-state index contributed by atoms with van der Waals surface area (Å²) in [5.74, 6) is 1.24. The van der Waals surface area contributed by atoms with Crippen LogP contribution in [-0.4, -0.2) is 0 Å². The average molecular weight is 657 g/mol. The van der Waals surface area contributed by atoms with E-state index in [9.17, 15) is 0 Å². The maximum Gasteiger partial charge on any atom is 0.166 e. The third kappa shape index (κ3) is 9.88. The van der Waals surface area contributed by atoms with E-state index in [1.54, 1.807) is 18.2 Å². The van der Waals surface area contributed by atoms with E-state index >= 15 is 13.2 Å². The monoisotopic (exact) mass is 656 g/mol. The first-order valence-electron chi connectivity index (χ1n) is 19.5. The Hall–Kier alpha value is -2.81. The number of hydrogen-bond donors (Lipinski definition) is 0. The van der Waals surface area contributed by atoms with Gasteiger partial charge in [0.05, 0.1) is 0 Å². The SMILES string of the molecule is CC=CCCC1CCC(C2CCC(c3ccc(-c4ccc(-c5ccc(CCCCCCCCCC)c(F)c5F)cc4)cc3F)CC2)CC1. The number of rotatable bonds is 16. The van der Waals surface area contributed by atoms with Gasteiger partial charge in [-0.1, -0.05) is 125 Å². The Labute approximate surface area is 289 Å². The highest BCUT2D eigenvalue weighted by molar-refractivity contribution is 5.71. The highest BCUT2D eigenvalue weighted by Crippen LogP contribution is 2.45. The van der Waals surface area contributed by atoms with Crippen LogP contribution in [0.3, 0.4) is 0 Å². The average Bonchev–Trinajstić information content (AvgIpc) is 3.12. The first-order chi connectivity index (χ1) is 23.5. The molecule has 0 aromatic heterocycles. The molecular formula is C45H59F3. The minimum Gasteiger partial charge on any atom is -0.207 e. The summed E-state index contributed by atoms with van der Waals surface area (Å²) in [5.41, 5.74) is 3.90. The van der Waals surface area contributed by atoms with Gasteiger partial charge in [-0.15, -0.1) is 0 Å². The lowest BCUT2D eigenvalue weighted by atomic mass is 9.68. The predicted molar refractivity (Wildman–Crippen MR) is 198 cm³/mol. The van der Waals surface area contributed by atoms with Crippen LogP contribution in [0.15, 0.2) is 66.7 Å². The molecule has 0 amide bonds. The highest BCUT2D eigenvalue weighted by Gasteiger charge is 2.32. The van der Waals surface area contributed by atoms with Crippen LogP contribution < -0.4 is 0 Å². The van der Waals surface area contributed by atoms with Gasteiger partial charge in [0.2, 0.25) is 0 Å². The molecule has 0 nitrogen and oxygen atoms in total. The molecule has 0 heterocycles. The molecule has 0 radical (unpaired) electrons. The van der Waals surface area contributed by atoms with E-state index in [1.807, 2.05) is 36.4 Å². The number of benzene rings is 3. The first kappa shape index (κ1) is 36.5. The fraction of sp³-hybridized carbons (Fsp3) is 0.556. The van der Waals surface area contributed by atoms with Gasteiger partial charge in [0.15, 0.2) is 11.6 Å². The molecule has 2 fully saturated rings. The summed E-state index contributed by atoms with van der Waals surface area (Å²) >= 11 is 0. The van der Waals surface area contributed by atoms with Crippen LogP contribution in [0.25, 0.3) is 22.3 Å². The fourth-order valence-electron chi connectivity index (χ4n) is 8.68. The van der Waals surface area contributed by atoms with Crippen molar-refractivity contribution in [1.82, 2.24) is 0 Å². The van der Waals surface area contributed by atoms with Gasteiger partial charge >= 0.3 is 0 Å². The molecule has 2 aliphatic carbocycles. The van der Waals surface area contributed by atoms with Crippen molar-refractivity contribution in [3.8, 4) is 22.3 Å². The molecule has 3 aromatic rings. The van der Waals surface area contributed by atoms with E-state index in [-0.39, 0.29) is 11.4 Å². The molecule has 3 heteroatoms. The van der Waals surface area contributed by atoms with Gasteiger partial charge in [-0.2, -0.15) is 0 Å². The van der Waals surface area contributed by atoms with Crippen LogP contribution in [0.4, 0.5) is 13.2 Å². The number of aryl methyl sites for hydroxylation is 1. The molecule has 0 saturated heterocycles. The molecule has 0 atom stereocenters. The molecule has 0 aliphatic heterocycles. The summed E-state index contributed by atoms with van der Waals surface area (Å²) in [5, 5.41) is 0. The lowest BCUT2D eigenvalue weighted by Gasteiger charge is -2.38. The minimum absolute atomic E-state index is 0.123. The van der Waals surface area contributed by atoms with Crippen LogP contribution in [0.1, 0.15) is 146 Å². The largest absolute Gasteiger partial charge is 0.207 e. The Kier molecular flexibility index (Phi) is 14.3. The maximum absolute atomic E-state index is 15.5. The summed E-state index contributed by atoms with van der Waals surface area (Å²) in [7, 11) is 0. The van der Waals surface area contributed by atoms with Crippen molar-refractivity contribution >= 4 is 0 Å². The van der Waals surface area contributed by atoms with Gasteiger partial charge in [0.1, 0.15) is 5.82 Å². The Morgan fingerprint density at radius 2 is 1.23 bits per heavy atom. The lowest BCUT2D eigenvalue weighted by molar-refractivity contribution is 0.156. The van der Waals surface area contributed by atoms with E-state index in [2.05, 4.69) is 26.0 Å². The Balaban J connectivity index is 1.11. The summed E-state index contributed by atoms with van der Waals surface area (Å²) in [4.78, 5) is 0. The van der Waals surface area contributed by atoms with Crippen LogP contribution in [0.2, 0.25) is 0 Å². The summed E-state index contributed by atoms with van der Waals surface area (Å²) in [6.07, 6.45) is 27.2. The molecule has 3 aromatic carbocycles. The normalized spacial score (nSPS) is 21.6. The zero-order valence-electron chi connectivity index (χ0n) is 29.7. The van der Waals surface area contributed by atoms with E-state index in [1.165, 1.54) is 83.5 Å². The molecule has 2 saturated carbocycles. The quantitative estimate of drug-likeness (QED) is 0.106.